The third-order valence-corrected chi connectivity index (χ3v) is 9.23. The highest BCUT2D eigenvalue weighted by molar-refractivity contribution is 6.19. The van der Waals surface area contributed by atoms with Gasteiger partial charge in [0.2, 0.25) is 0 Å². The van der Waals surface area contributed by atoms with Crippen molar-refractivity contribution in [2.75, 3.05) is 0 Å². The summed E-state index contributed by atoms with van der Waals surface area (Å²) in [5, 5.41) is 11.5. The number of fused-ring (bicyclic) bond motifs is 2. The maximum Gasteiger partial charge on any atom is 0.200 e. The first-order valence-corrected chi connectivity index (χ1v) is 13.9. The van der Waals surface area contributed by atoms with Crippen LogP contribution < -0.4 is 9.47 Å². The Hall–Kier alpha value is -3.45. The summed E-state index contributed by atoms with van der Waals surface area (Å²) in [7, 11) is 0. The Morgan fingerprint density at radius 2 is 1.80 bits per heavy atom. The number of rotatable bonds is 5. The third kappa shape index (κ3) is 3.30. The number of phenols is 1. The van der Waals surface area contributed by atoms with Crippen LogP contribution in [0, 0.1) is 11.8 Å². The molecule has 210 valence electrons. The molecule has 1 saturated carbocycles. The van der Waals surface area contributed by atoms with Crippen LogP contribution in [0.2, 0.25) is 0 Å². The van der Waals surface area contributed by atoms with Crippen molar-refractivity contribution < 1.29 is 33.7 Å². The minimum absolute atomic E-state index is 0.0905. The number of ketones is 2. The van der Waals surface area contributed by atoms with E-state index in [0.29, 0.717) is 40.9 Å². The quantitative estimate of drug-likeness (QED) is 0.292. The molecule has 1 spiro atoms. The molecule has 4 atom stereocenters. The van der Waals surface area contributed by atoms with Crippen LogP contribution in [0.4, 0.5) is 0 Å². The van der Waals surface area contributed by atoms with Crippen LogP contribution >= 0.6 is 0 Å². The summed E-state index contributed by atoms with van der Waals surface area (Å²) < 4.78 is 20.2. The Kier molecular flexibility index (Phi) is 5.54. The fourth-order valence-corrected chi connectivity index (χ4v) is 7.41. The molecular formula is C33H36O7. The number of Topliss-reactive ketones (excluding diaryl/α,β-unsaturated/α-hetero) is 2. The first-order chi connectivity index (χ1) is 18.7. The Morgan fingerprint density at radius 3 is 2.48 bits per heavy atom. The van der Waals surface area contributed by atoms with Gasteiger partial charge in [-0.15, -0.1) is 0 Å². The first kappa shape index (κ1) is 26.8. The number of hydrogen-bond acceptors (Lipinski definition) is 7. The zero-order valence-corrected chi connectivity index (χ0v) is 24.1. The molecule has 2 unspecified atom stereocenters. The predicted octanol–water partition coefficient (Wildman–Crippen LogP) is 5.63. The SMILES string of the molecule is CC(C)=CCc1c2c(c(O)c3c1O[C@]14C(=CC5CC1C(C)(C)O[C@@]4(C/C=C(\C)C=O)C5=O)C3=O)C=CC(C)(C)O2. The standard InChI is InChI=1S/C33H36O7/c1-17(2)8-9-21-27-20(11-12-30(4,5)38-27)25(35)24-26(36)22-14-19-15-23-31(6,7)40-32(29(19)37,13-10-18(3)16-34)33(22,23)39-28(21)24/h8,10-12,14,16,19,23,35H,9,13,15H2,1-7H3/b18-10+/t19?,23?,32-,33+/m0/s1. The van der Waals surface area contributed by atoms with Gasteiger partial charge in [0.05, 0.1) is 11.2 Å². The molecule has 4 bridgehead atoms. The monoisotopic (exact) mass is 544 g/mol. The molecule has 1 N–H and O–H groups in total. The van der Waals surface area contributed by atoms with Gasteiger partial charge in [-0.2, -0.15) is 0 Å². The molecule has 1 saturated heterocycles. The molecule has 1 aromatic carbocycles. The van der Waals surface area contributed by atoms with Crippen LogP contribution in [-0.4, -0.2) is 45.4 Å². The molecule has 7 rings (SSSR count). The number of allylic oxidation sites excluding steroid dienone is 4. The van der Waals surface area contributed by atoms with E-state index in [1.165, 1.54) is 0 Å². The molecule has 2 fully saturated rings. The van der Waals surface area contributed by atoms with Gasteiger partial charge in [-0.25, -0.2) is 0 Å². The zero-order chi connectivity index (χ0) is 29.0. The number of aldehydes is 1. The largest absolute Gasteiger partial charge is 0.506 e. The van der Waals surface area contributed by atoms with Crippen molar-refractivity contribution in [1.29, 1.82) is 0 Å². The first-order valence-electron chi connectivity index (χ1n) is 13.9. The van der Waals surface area contributed by atoms with Gasteiger partial charge in [-0.05, 0) is 79.0 Å². The normalized spacial score (nSPS) is 31.9. The second-order valence-corrected chi connectivity index (χ2v) is 13.1. The average molecular weight is 545 g/mol. The summed E-state index contributed by atoms with van der Waals surface area (Å²) in [6, 6.07) is 0. The predicted molar refractivity (Wildman–Crippen MR) is 150 cm³/mol. The molecule has 7 nitrogen and oxygen atoms in total. The van der Waals surface area contributed by atoms with Crippen LogP contribution in [0.3, 0.4) is 0 Å². The van der Waals surface area contributed by atoms with E-state index in [0.717, 1.165) is 11.9 Å². The number of aromatic hydroxyl groups is 1. The lowest BCUT2D eigenvalue weighted by Crippen LogP contribution is -2.72. The van der Waals surface area contributed by atoms with Crippen LogP contribution in [0.25, 0.3) is 6.08 Å². The van der Waals surface area contributed by atoms with E-state index >= 15 is 0 Å². The topological polar surface area (TPSA) is 99.1 Å². The molecule has 3 aliphatic carbocycles. The van der Waals surface area contributed by atoms with Gasteiger partial charge in [0.25, 0.3) is 0 Å². The van der Waals surface area contributed by atoms with Crippen molar-refractivity contribution in [1.82, 2.24) is 0 Å². The van der Waals surface area contributed by atoms with E-state index in [4.69, 9.17) is 14.2 Å². The Labute approximate surface area is 234 Å². The third-order valence-electron chi connectivity index (χ3n) is 9.23. The minimum Gasteiger partial charge on any atom is -0.506 e. The van der Waals surface area contributed by atoms with Gasteiger partial charge in [0.15, 0.2) is 22.8 Å². The summed E-state index contributed by atoms with van der Waals surface area (Å²) in [6.07, 6.45) is 10.8. The average Bonchev–Trinajstić information content (AvgIpc) is 3.03. The fourth-order valence-electron chi connectivity index (χ4n) is 7.41. The number of ether oxygens (including phenoxy) is 3. The lowest BCUT2D eigenvalue weighted by atomic mass is 9.51. The van der Waals surface area contributed by atoms with Crippen LogP contribution in [-0.2, 0) is 20.7 Å². The van der Waals surface area contributed by atoms with Crippen molar-refractivity contribution in [3.8, 4) is 17.2 Å². The highest BCUT2D eigenvalue weighted by Crippen LogP contribution is 2.68. The minimum atomic E-state index is -1.49. The molecule has 3 heterocycles. The Bertz CT molecular complexity index is 1510. The highest BCUT2D eigenvalue weighted by Gasteiger charge is 2.81. The summed E-state index contributed by atoms with van der Waals surface area (Å²) in [6.45, 7) is 13.4. The molecule has 3 aliphatic heterocycles. The summed E-state index contributed by atoms with van der Waals surface area (Å²) in [5.74, 6) is -0.814. The Morgan fingerprint density at radius 1 is 1.07 bits per heavy atom. The number of benzene rings is 1. The van der Waals surface area contributed by atoms with Crippen molar-refractivity contribution in [3.05, 3.63) is 57.7 Å². The maximum atomic E-state index is 14.5. The fraction of sp³-hybridized carbons (Fsp3) is 0.485. The molecule has 7 heteroatoms. The van der Waals surface area contributed by atoms with E-state index in [2.05, 4.69) is 0 Å². The second kappa shape index (κ2) is 8.29. The number of carbonyl (C=O) groups excluding carboxylic acids is 3. The van der Waals surface area contributed by atoms with Crippen molar-refractivity contribution in [2.24, 2.45) is 11.8 Å². The van der Waals surface area contributed by atoms with Gasteiger partial charge < -0.3 is 19.3 Å². The molecule has 40 heavy (non-hydrogen) atoms. The van der Waals surface area contributed by atoms with Crippen LogP contribution in [0.1, 0.15) is 82.8 Å². The van der Waals surface area contributed by atoms with Crippen molar-refractivity contribution in [3.63, 3.8) is 0 Å². The van der Waals surface area contributed by atoms with E-state index in [-0.39, 0.29) is 41.0 Å². The lowest BCUT2D eigenvalue weighted by molar-refractivity contribution is -0.171. The van der Waals surface area contributed by atoms with E-state index in [1.54, 1.807) is 25.2 Å². The summed E-state index contributed by atoms with van der Waals surface area (Å²) in [4.78, 5) is 40.1. The number of carbonyl (C=O) groups is 3. The zero-order valence-electron chi connectivity index (χ0n) is 24.1. The van der Waals surface area contributed by atoms with Gasteiger partial charge in [0.1, 0.15) is 34.7 Å². The van der Waals surface area contributed by atoms with Gasteiger partial charge in [0, 0.05) is 29.4 Å². The Balaban J connectivity index is 1.67. The molecular weight excluding hydrogens is 508 g/mol. The van der Waals surface area contributed by atoms with Crippen LogP contribution in [0.5, 0.6) is 17.2 Å². The summed E-state index contributed by atoms with van der Waals surface area (Å²) >= 11 is 0. The van der Waals surface area contributed by atoms with Gasteiger partial charge in [-0.1, -0.05) is 23.8 Å². The van der Waals surface area contributed by atoms with Gasteiger partial charge >= 0.3 is 0 Å². The van der Waals surface area contributed by atoms with E-state index in [9.17, 15) is 19.5 Å². The molecule has 0 radical (unpaired) electrons. The lowest BCUT2D eigenvalue weighted by Gasteiger charge is -2.56. The van der Waals surface area contributed by atoms with Crippen LogP contribution in [0.15, 0.2) is 41.0 Å². The maximum absolute atomic E-state index is 14.5. The van der Waals surface area contributed by atoms with E-state index in [1.807, 2.05) is 53.7 Å². The molecule has 0 amide bonds. The molecule has 6 aliphatic rings. The van der Waals surface area contributed by atoms with Crippen molar-refractivity contribution >= 4 is 23.9 Å². The second-order valence-electron chi connectivity index (χ2n) is 13.1. The highest BCUT2D eigenvalue weighted by atomic mass is 16.6. The van der Waals surface area contributed by atoms with E-state index < -0.39 is 28.3 Å². The number of hydrogen-bond donors (Lipinski definition) is 1. The molecule has 1 aromatic rings. The molecule has 0 aromatic heterocycles. The smallest absolute Gasteiger partial charge is 0.200 e. The summed E-state index contributed by atoms with van der Waals surface area (Å²) in [5.41, 5.74) is -1.26. The number of phenolic OH excluding ortho intramolecular Hbond substituents is 1. The van der Waals surface area contributed by atoms with Gasteiger partial charge in [-0.3, -0.25) is 14.4 Å². The van der Waals surface area contributed by atoms with Crippen molar-refractivity contribution in [2.45, 2.75) is 90.1 Å².